The first-order valence-electron chi connectivity index (χ1n) is 9.18. The van der Waals surface area contributed by atoms with Gasteiger partial charge in [0.1, 0.15) is 12.6 Å². The number of carbonyl (C=O) groups excluding carboxylic acids is 1. The first-order chi connectivity index (χ1) is 13.8. The van der Waals surface area contributed by atoms with Crippen LogP contribution in [0, 0.1) is 5.92 Å². The van der Waals surface area contributed by atoms with Gasteiger partial charge < -0.3 is 9.84 Å². The van der Waals surface area contributed by atoms with E-state index in [2.05, 4.69) is 0 Å². The molecule has 1 N–H and O–H groups in total. The molecule has 2 aromatic carbocycles. The number of carbonyl (C=O) groups is 2. The largest absolute Gasteiger partial charge is 0.481 e. The predicted octanol–water partition coefficient (Wildman–Crippen LogP) is 4.27. The number of hydrogen-bond acceptors (Lipinski definition) is 3. The zero-order valence-corrected chi connectivity index (χ0v) is 15.2. The molecule has 152 valence electrons. The summed E-state index contributed by atoms with van der Waals surface area (Å²) in [5.74, 6) is -2.90. The van der Waals surface area contributed by atoms with Crippen molar-refractivity contribution in [3.05, 3.63) is 59.7 Å². The monoisotopic (exact) mass is 405 g/mol. The number of ether oxygens (including phenoxy) is 1. The summed E-state index contributed by atoms with van der Waals surface area (Å²) in [4.78, 5) is 24.1. The van der Waals surface area contributed by atoms with Gasteiger partial charge in [0.25, 0.3) is 0 Å². The maximum Gasteiger partial charge on any atom is 0.410 e. The highest BCUT2D eigenvalue weighted by Crippen LogP contribution is 2.44. The van der Waals surface area contributed by atoms with E-state index < -0.39 is 43.2 Å². The summed E-state index contributed by atoms with van der Waals surface area (Å²) in [6, 6.07) is 13.1. The van der Waals surface area contributed by atoms with Crippen LogP contribution in [-0.4, -0.2) is 47.4 Å². The number of fused-ring (bicyclic) bond motifs is 3. The zero-order valence-electron chi connectivity index (χ0n) is 15.2. The van der Waals surface area contributed by atoms with Crippen LogP contribution in [0.15, 0.2) is 48.5 Å². The summed E-state index contributed by atoms with van der Waals surface area (Å²) in [5, 5.41) is 9.07. The Bertz CT molecular complexity index is 913. The summed E-state index contributed by atoms with van der Waals surface area (Å²) < 4.78 is 45.2. The molecule has 5 nitrogen and oxygen atoms in total. The Morgan fingerprint density at radius 1 is 1.03 bits per heavy atom. The van der Waals surface area contributed by atoms with Crippen LogP contribution in [0.2, 0.25) is 0 Å². The molecule has 0 aromatic heterocycles. The molecule has 0 bridgehead atoms. The van der Waals surface area contributed by atoms with Gasteiger partial charge in [0, 0.05) is 12.5 Å². The van der Waals surface area contributed by atoms with Crippen LogP contribution in [-0.2, 0) is 9.53 Å². The van der Waals surface area contributed by atoms with E-state index in [4.69, 9.17) is 9.84 Å². The molecule has 2 unspecified atom stereocenters. The summed E-state index contributed by atoms with van der Waals surface area (Å²) >= 11 is 0. The second-order valence-electron chi connectivity index (χ2n) is 7.28. The molecule has 0 saturated carbocycles. The van der Waals surface area contributed by atoms with E-state index in [1.807, 2.05) is 48.5 Å². The molecular weight excluding hydrogens is 387 g/mol. The lowest BCUT2D eigenvalue weighted by Gasteiger charge is -2.26. The molecule has 1 aliphatic carbocycles. The van der Waals surface area contributed by atoms with Crippen LogP contribution in [0.3, 0.4) is 0 Å². The average molecular weight is 405 g/mol. The standard InChI is InChI=1S/C21H18F3NO4/c22-21(23,24)18-9-12(19(26)27)10-25(18)20(28)29-11-17-15-7-3-1-5-13(15)14-6-2-4-8-16(14)17/h1-8,12,17-18H,9-11H2,(H,26,27). The van der Waals surface area contributed by atoms with Gasteiger partial charge in [0.05, 0.1) is 5.92 Å². The quantitative estimate of drug-likeness (QED) is 0.828. The molecule has 29 heavy (non-hydrogen) atoms. The minimum Gasteiger partial charge on any atom is -0.481 e. The van der Waals surface area contributed by atoms with Crippen molar-refractivity contribution in [3.63, 3.8) is 0 Å². The predicted molar refractivity (Wildman–Crippen MR) is 97.4 cm³/mol. The summed E-state index contributed by atoms with van der Waals surface area (Å²) in [7, 11) is 0. The molecule has 1 fully saturated rings. The van der Waals surface area contributed by atoms with Crippen molar-refractivity contribution in [3.8, 4) is 11.1 Å². The normalized spacial score (nSPS) is 21.0. The Balaban J connectivity index is 1.53. The fourth-order valence-electron chi connectivity index (χ4n) is 4.20. The van der Waals surface area contributed by atoms with Gasteiger partial charge in [0.2, 0.25) is 0 Å². The molecule has 1 heterocycles. The Morgan fingerprint density at radius 3 is 2.10 bits per heavy atom. The number of amides is 1. The van der Waals surface area contributed by atoms with Crippen LogP contribution in [0.25, 0.3) is 11.1 Å². The van der Waals surface area contributed by atoms with Crippen LogP contribution in [0.1, 0.15) is 23.5 Å². The van der Waals surface area contributed by atoms with Crippen LogP contribution in [0.4, 0.5) is 18.0 Å². The maximum atomic E-state index is 13.3. The smallest absolute Gasteiger partial charge is 0.410 e. The van der Waals surface area contributed by atoms with Gasteiger partial charge >= 0.3 is 18.2 Å². The third-order valence-electron chi connectivity index (χ3n) is 5.60. The number of halogens is 3. The van der Waals surface area contributed by atoms with Crippen molar-refractivity contribution >= 4 is 12.1 Å². The van der Waals surface area contributed by atoms with Gasteiger partial charge in [0.15, 0.2) is 0 Å². The van der Waals surface area contributed by atoms with Crippen molar-refractivity contribution in [2.24, 2.45) is 5.92 Å². The molecule has 1 aliphatic heterocycles. The van der Waals surface area contributed by atoms with E-state index in [0.29, 0.717) is 4.90 Å². The maximum absolute atomic E-state index is 13.3. The number of alkyl halides is 3. The molecule has 0 spiro atoms. The zero-order chi connectivity index (χ0) is 20.8. The van der Waals surface area contributed by atoms with Gasteiger partial charge in [-0.2, -0.15) is 13.2 Å². The lowest BCUT2D eigenvalue weighted by atomic mass is 9.98. The van der Waals surface area contributed by atoms with Crippen LogP contribution >= 0.6 is 0 Å². The van der Waals surface area contributed by atoms with Crippen molar-refractivity contribution in [2.75, 3.05) is 13.2 Å². The summed E-state index contributed by atoms with van der Waals surface area (Å²) in [6.07, 6.45) is -6.52. The third kappa shape index (κ3) is 3.43. The number of nitrogens with zero attached hydrogens (tertiary/aromatic N) is 1. The van der Waals surface area contributed by atoms with Crippen LogP contribution in [0.5, 0.6) is 0 Å². The Labute approximate surface area is 164 Å². The Morgan fingerprint density at radius 2 is 1.59 bits per heavy atom. The van der Waals surface area contributed by atoms with E-state index in [-0.39, 0.29) is 12.5 Å². The first kappa shape index (κ1) is 19.3. The van der Waals surface area contributed by atoms with Crippen molar-refractivity contribution in [1.82, 2.24) is 4.90 Å². The molecule has 0 radical (unpaired) electrons. The highest BCUT2D eigenvalue weighted by molar-refractivity contribution is 5.79. The van der Waals surface area contributed by atoms with Gasteiger partial charge in [-0.3, -0.25) is 9.69 Å². The highest BCUT2D eigenvalue weighted by Gasteiger charge is 2.53. The molecule has 1 amide bonds. The topological polar surface area (TPSA) is 66.8 Å². The van der Waals surface area contributed by atoms with Gasteiger partial charge in [-0.05, 0) is 28.7 Å². The summed E-state index contributed by atoms with van der Waals surface area (Å²) in [6.45, 7) is -0.637. The second-order valence-corrected chi connectivity index (χ2v) is 7.28. The molecule has 2 aromatic rings. The fraction of sp³-hybridized carbons (Fsp3) is 0.333. The lowest BCUT2D eigenvalue weighted by Crippen LogP contribution is -2.45. The van der Waals surface area contributed by atoms with E-state index in [0.717, 1.165) is 22.3 Å². The second kappa shape index (κ2) is 7.09. The molecule has 8 heteroatoms. The van der Waals surface area contributed by atoms with E-state index in [1.165, 1.54) is 0 Å². The van der Waals surface area contributed by atoms with Gasteiger partial charge in [-0.15, -0.1) is 0 Å². The van der Waals surface area contributed by atoms with Crippen molar-refractivity contribution in [1.29, 1.82) is 0 Å². The van der Waals surface area contributed by atoms with Gasteiger partial charge in [-0.1, -0.05) is 48.5 Å². The van der Waals surface area contributed by atoms with E-state index in [9.17, 15) is 22.8 Å². The Kier molecular flexibility index (Phi) is 4.72. The third-order valence-corrected chi connectivity index (χ3v) is 5.60. The van der Waals surface area contributed by atoms with E-state index >= 15 is 0 Å². The fourth-order valence-corrected chi connectivity index (χ4v) is 4.20. The first-order valence-corrected chi connectivity index (χ1v) is 9.18. The minimum absolute atomic E-state index is 0.119. The molecular formula is C21H18F3NO4. The SMILES string of the molecule is O=C(O)C1CC(C(F)(F)F)N(C(=O)OCC2c3ccccc3-c3ccccc32)C1. The lowest BCUT2D eigenvalue weighted by molar-refractivity contribution is -0.172. The van der Waals surface area contributed by atoms with E-state index in [1.54, 1.807) is 0 Å². The number of carboxylic acid groups (broad SMARTS) is 1. The molecule has 1 saturated heterocycles. The molecule has 2 aliphatic rings. The minimum atomic E-state index is -4.71. The average Bonchev–Trinajstić information content (AvgIpc) is 3.27. The number of rotatable bonds is 3. The molecule has 4 rings (SSSR count). The number of benzene rings is 2. The Hall–Kier alpha value is -3.03. The molecule has 2 atom stereocenters. The number of likely N-dealkylation sites (tertiary alicyclic amines) is 1. The highest BCUT2D eigenvalue weighted by atomic mass is 19.4. The van der Waals surface area contributed by atoms with Gasteiger partial charge in [-0.25, -0.2) is 4.79 Å². The summed E-state index contributed by atoms with van der Waals surface area (Å²) in [5.41, 5.74) is 3.89. The number of aliphatic carboxylic acids is 1. The van der Waals surface area contributed by atoms with Crippen LogP contribution < -0.4 is 0 Å². The van der Waals surface area contributed by atoms with Crippen molar-refractivity contribution in [2.45, 2.75) is 24.6 Å². The number of hydrogen-bond donors (Lipinski definition) is 1. The number of carboxylic acids is 1. The van der Waals surface area contributed by atoms with Crippen molar-refractivity contribution < 1.29 is 32.6 Å².